The van der Waals surface area contributed by atoms with Gasteiger partial charge < -0.3 is 4.57 Å². The van der Waals surface area contributed by atoms with Crippen LogP contribution < -0.4 is 4.80 Å². The lowest BCUT2D eigenvalue weighted by molar-refractivity contribution is 0.596. The number of sulfonamides is 1. The topological polar surface area (TPSA) is 51.4 Å². The van der Waals surface area contributed by atoms with Crippen molar-refractivity contribution < 1.29 is 12.8 Å². The van der Waals surface area contributed by atoms with Crippen LogP contribution in [0.5, 0.6) is 0 Å². The number of hydrogen-bond donors (Lipinski definition) is 0. The quantitative estimate of drug-likeness (QED) is 0.728. The minimum atomic E-state index is -3.77. The lowest BCUT2D eigenvalue weighted by atomic mass is 10.3. The second kappa shape index (κ2) is 5.09. The summed E-state index contributed by atoms with van der Waals surface area (Å²) < 4.78 is 43.9. The predicted molar refractivity (Wildman–Crippen MR) is 79.9 cm³/mol. The SMILES string of the molecule is Cn1/c(=N/S(=O)(=O)c2ccccc2)sc2cc(F)ccc21. The molecule has 0 aliphatic carbocycles. The zero-order valence-electron chi connectivity index (χ0n) is 11.0. The molecule has 0 aliphatic rings. The second-order valence-corrected chi connectivity index (χ2v) is 7.05. The van der Waals surface area contributed by atoms with Crippen molar-refractivity contribution >= 4 is 31.6 Å². The largest absolute Gasteiger partial charge is 0.319 e. The summed E-state index contributed by atoms with van der Waals surface area (Å²) >= 11 is 1.14. The van der Waals surface area contributed by atoms with Crippen molar-refractivity contribution in [2.24, 2.45) is 11.4 Å². The lowest BCUT2D eigenvalue weighted by Gasteiger charge is -1.98. The van der Waals surface area contributed by atoms with E-state index in [1.165, 1.54) is 24.3 Å². The number of aryl methyl sites for hydroxylation is 1. The molecular formula is C14H11FN2O2S2. The van der Waals surface area contributed by atoms with Gasteiger partial charge in [-0.2, -0.15) is 8.42 Å². The van der Waals surface area contributed by atoms with Crippen LogP contribution in [0.4, 0.5) is 4.39 Å². The molecule has 0 amide bonds. The predicted octanol–water partition coefficient (Wildman–Crippen LogP) is 2.67. The Labute approximate surface area is 124 Å². The highest BCUT2D eigenvalue weighted by Crippen LogP contribution is 2.18. The Bertz CT molecular complexity index is 973. The molecule has 2 aromatic carbocycles. The van der Waals surface area contributed by atoms with Crippen LogP contribution in [-0.2, 0) is 17.1 Å². The van der Waals surface area contributed by atoms with Crippen molar-refractivity contribution in [1.82, 2.24) is 4.57 Å². The zero-order valence-corrected chi connectivity index (χ0v) is 12.7. The van der Waals surface area contributed by atoms with Crippen molar-refractivity contribution in [2.45, 2.75) is 4.90 Å². The first-order valence-corrected chi connectivity index (χ1v) is 8.34. The maximum Gasteiger partial charge on any atom is 0.285 e. The molecule has 21 heavy (non-hydrogen) atoms. The maximum atomic E-state index is 13.2. The van der Waals surface area contributed by atoms with E-state index in [1.54, 1.807) is 35.9 Å². The van der Waals surface area contributed by atoms with Crippen molar-refractivity contribution in [1.29, 1.82) is 0 Å². The van der Waals surface area contributed by atoms with Crippen LogP contribution in [0, 0.1) is 5.82 Å². The second-order valence-electron chi connectivity index (χ2n) is 4.44. The lowest BCUT2D eigenvalue weighted by Crippen LogP contribution is -2.13. The summed E-state index contributed by atoms with van der Waals surface area (Å²) in [6.07, 6.45) is 0. The van der Waals surface area contributed by atoms with Gasteiger partial charge in [-0.05, 0) is 30.3 Å². The molecule has 3 aromatic rings. The molecule has 0 radical (unpaired) electrons. The molecule has 4 nitrogen and oxygen atoms in total. The van der Waals surface area contributed by atoms with Crippen molar-refractivity contribution in [2.75, 3.05) is 0 Å². The molecular weight excluding hydrogens is 311 g/mol. The van der Waals surface area contributed by atoms with Gasteiger partial charge in [0.05, 0.1) is 15.1 Å². The summed E-state index contributed by atoms with van der Waals surface area (Å²) in [4.78, 5) is 0.438. The molecule has 0 spiro atoms. The number of aromatic nitrogens is 1. The van der Waals surface area contributed by atoms with Crippen molar-refractivity contribution in [3.63, 3.8) is 0 Å². The van der Waals surface area contributed by atoms with Gasteiger partial charge in [0.1, 0.15) is 5.82 Å². The molecule has 0 aliphatic heterocycles. The first kappa shape index (κ1) is 14.0. The minimum Gasteiger partial charge on any atom is -0.319 e. The van der Waals surface area contributed by atoms with Crippen LogP contribution in [0.15, 0.2) is 57.8 Å². The standard InChI is InChI=1S/C14H11FN2O2S2/c1-17-12-8-7-10(15)9-13(12)20-14(17)16-21(18,19)11-5-3-2-4-6-11/h2-9H,1H3/b16-14-. The van der Waals surface area contributed by atoms with Crippen LogP contribution in [0.25, 0.3) is 10.2 Å². The van der Waals surface area contributed by atoms with Crippen LogP contribution in [-0.4, -0.2) is 13.0 Å². The number of rotatable bonds is 2. The Morgan fingerprint density at radius 3 is 2.57 bits per heavy atom. The molecule has 0 atom stereocenters. The number of fused-ring (bicyclic) bond motifs is 1. The molecule has 0 bridgehead atoms. The smallest absolute Gasteiger partial charge is 0.285 e. The highest BCUT2D eigenvalue weighted by Gasteiger charge is 2.13. The summed E-state index contributed by atoms with van der Waals surface area (Å²) in [6, 6.07) is 12.3. The van der Waals surface area contributed by atoms with E-state index < -0.39 is 10.0 Å². The van der Waals surface area contributed by atoms with Crippen molar-refractivity contribution in [3.05, 3.63) is 59.1 Å². The Hall–Kier alpha value is -1.99. The van der Waals surface area contributed by atoms with Gasteiger partial charge in [-0.15, -0.1) is 4.40 Å². The summed E-state index contributed by atoms with van der Waals surface area (Å²) in [5.74, 6) is -0.359. The number of benzene rings is 2. The number of hydrogen-bond acceptors (Lipinski definition) is 3. The third-order valence-corrected chi connectivity index (χ3v) is 5.50. The minimum absolute atomic E-state index is 0.133. The molecule has 0 N–H and O–H groups in total. The van der Waals surface area contributed by atoms with Gasteiger partial charge in [-0.3, -0.25) is 0 Å². The summed E-state index contributed by atoms with van der Waals surface area (Å²) in [5, 5.41) is 0. The first-order chi connectivity index (χ1) is 9.97. The van der Waals surface area contributed by atoms with Crippen LogP contribution in [0.1, 0.15) is 0 Å². The highest BCUT2D eigenvalue weighted by atomic mass is 32.2. The molecule has 0 unspecified atom stereocenters. The maximum absolute atomic E-state index is 13.2. The fourth-order valence-corrected chi connectivity index (χ4v) is 4.24. The summed E-state index contributed by atoms with van der Waals surface area (Å²) in [5.41, 5.74) is 0.739. The molecule has 7 heteroatoms. The van der Waals surface area contributed by atoms with E-state index in [0.717, 1.165) is 16.9 Å². The molecule has 0 saturated carbocycles. The summed E-state index contributed by atoms with van der Waals surface area (Å²) in [7, 11) is -2.07. The molecule has 108 valence electrons. The first-order valence-electron chi connectivity index (χ1n) is 6.08. The zero-order chi connectivity index (χ0) is 15.0. The Kier molecular flexibility index (Phi) is 3.38. The van der Waals surface area contributed by atoms with Gasteiger partial charge in [0.25, 0.3) is 10.0 Å². The molecule has 0 fully saturated rings. The van der Waals surface area contributed by atoms with E-state index in [-0.39, 0.29) is 10.7 Å². The van der Waals surface area contributed by atoms with E-state index in [2.05, 4.69) is 4.40 Å². The van der Waals surface area contributed by atoms with Gasteiger partial charge in [0.2, 0.25) is 4.80 Å². The third kappa shape index (κ3) is 2.62. The van der Waals surface area contributed by atoms with Crippen molar-refractivity contribution in [3.8, 4) is 0 Å². The molecule has 3 rings (SSSR count). The van der Waals surface area contributed by atoms with E-state index in [1.807, 2.05) is 0 Å². The van der Waals surface area contributed by atoms with Crippen LogP contribution in [0.2, 0.25) is 0 Å². The normalized spacial score (nSPS) is 13.0. The monoisotopic (exact) mass is 322 g/mol. The Morgan fingerprint density at radius 2 is 1.86 bits per heavy atom. The van der Waals surface area contributed by atoms with E-state index in [0.29, 0.717) is 9.50 Å². The molecule has 0 saturated heterocycles. The Morgan fingerprint density at radius 1 is 1.14 bits per heavy atom. The fraction of sp³-hybridized carbons (Fsp3) is 0.0714. The van der Waals surface area contributed by atoms with E-state index >= 15 is 0 Å². The third-order valence-electron chi connectivity index (χ3n) is 3.01. The Balaban J connectivity index is 2.23. The van der Waals surface area contributed by atoms with Gasteiger partial charge in [-0.25, -0.2) is 4.39 Å². The average Bonchev–Trinajstić information content (AvgIpc) is 2.75. The molecule has 1 aromatic heterocycles. The van der Waals surface area contributed by atoms with Gasteiger partial charge >= 0.3 is 0 Å². The number of nitrogens with zero attached hydrogens (tertiary/aromatic N) is 2. The van der Waals surface area contributed by atoms with E-state index in [4.69, 9.17) is 0 Å². The number of thiazole rings is 1. The van der Waals surface area contributed by atoms with Gasteiger partial charge in [0, 0.05) is 7.05 Å². The van der Waals surface area contributed by atoms with Gasteiger partial charge in [0.15, 0.2) is 0 Å². The number of halogens is 1. The van der Waals surface area contributed by atoms with Crippen LogP contribution in [0.3, 0.4) is 0 Å². The fourth-order valence-electron chi connectivity index (χ4n) is 1.94. The van der Waals surface area contributed by atoms with E-state index in [9.17, 15) is 12.8 Å². The highest BCUT2D eigenvalue weighted by molar-refractivity contribution is 7.90. The van der Waals surface area contributed by atoms with Gasteiger partial charge in [-0.1, -0.05) is 29.5 Å². The van der Waals surface area contributed by atoms with Crippen LogP contribution >= 0.6 is 11.3 Å². The molecule has 1 heterocycles. The summed E-state index contributed by atoms with van der Waals surface area (Å²) in [6.45, 7) is 0. The average molecular weight is 322 g/mol.